The van der Waals surface area contributed by atoms with Crippen LogP contribution in [0.15, 0.2) is 158 Å². The molecule has 0 radical (unpaired) electrons. The molecule has 3 heterocycles. The number of rotatable bonds is 49. The second-order valence-electron chi connectivity index (χ2n) is 23.5. The van der Waals surface area contributed by atoms with E-state index < -0.39 is 131 Å². The summed E-state index contributed by atoms with van der Waals surface area (Å²) in [6.45, 7) is 1.50. The van der Waals surface area contributed by atoms with E-state index in [4.69, 9.17) is 28.4 Å². The lowest BCUT2D eigenvalue weighted by molar-refractivity contribution is -0.379. The molecule has 3 saturated heterocycles. The first-order valence-corrected chi connectivity index (χ1v) is 34.2. The van der Waals surface area contributed by atoms with Gasteiger partial charge in [0.25, 0.3) is 0 Å². The Morgan fingerprint density at radius 3 is 1.19 bits per heavy atom. The lowest BCUT2D eigenvalue weighted by atomic mass is 9.96. The molecule has 1 amide bonds. The van der Waals surface area contributed by atoms with E-state index in [1.165, 1.54) is 32.1 Å². The minimum Gasteiger partial charge on any atom is -0.394 e. The van der Waals surface area contributed by atoms with Crippen molar-refractivity contribution in [2.24, 2.45) is 0 Å². The molecule has 3 aliphatic rings. The van der Waals surface area contributed by atoms with Crippen molar-refractivity contribution >= 4 is 5.91 Å². The van der Waals surface area contributed by atoms with Gasteiger partial charge in [-0.3, -0.25) is 4.79 Å². The first kappa shape index (κ1) is 82.6. The third kappa shape index (κ3) is 35.3. The molecule has 0 aromatic heterocycles. The highest BCUT2D eigenvalue weighted by atomic mass is 16.8. The van der Waals surface area contributed by atoms with Gasteiger partial charge in [0.2, 0.25) is 5.91 Å². The monoisotopic (exact) mass is 1310 g/mol. The van der Waals surface area contributed by atoms with Gasteiger partial charge in [-0.1, -0.05) is 198 Å². The molecule has 3 rings (SSSR count). The summed E-state index contributed by atoms with van der Waals surface area (Å²) >= 11 is 0. The lowest BCUT2D eigenvalue weighted by Gasteiger charge is -2.48. The van der Waals surface area contributed by atoms with Gasteiger partial charge in [-0.05, 0) is 122 Å². The average molecular weight is 1310 g/mol. The maximum absolute atomic E-state index is 13.4. The maximum atomic E-state index is 13.4. The Balaban J connectivity index is 1.44. The first-order chi connectivity index (χ1) is 45.3. The van der Waals surface area contributed by atoms with Crippen molar-refractivity contribution in [2.75, 3.05) is 26.4 Å². The highest BCUT2D eigenvalue weighted by Gasteiger charge is 2.53. The fraction of sp³-hybridized carbons (Fsp3) is 0.635. The maximum Gasteiger partial charge on any atom is 0.220 e. The summed E-state index contributed by atoms with van der Waals surface area (Å²) in [5.74, 6) is -0.341. The molecular weight excluding hydrogens is 1190 g/mol. The Morgan fingerprint density at radius 2 is 0.753 bits per heavy atom. The minimum atomic E-state index is -2.00. The predicted octanol–water partition coefficient (Wildman–Crippen LogP) is 8.93. The number of nitrogens with one attached hydrogen (secondary N) is 1. The van der Waals surface area contributed by atoms with E-state index in [9.17, 15) is 61.0 Å². The van der Waals surface area contributed by atoms with Crippen LogP contribution in [-0.4, -0.2) is 193 Å². The summed E-state index contributed by atoms with van der Waals surface area (Å²) in [5, 5.41) is 120. The molecule has 3 fully saturated rings. The van der Waals surface area contributed by atoms with Crippen LogP contribution in [0.3, 0.4) is 0 Å². The van der Waals surface area contributed by atoms with Crippen molar-refractivity contribution in [1.29, 1.82) is 0 Å². The van der Waals surface area contributed by atoms with Crippen LogP contribution in [0.25, 0.3) is 0 Å². The Hall–Kier alpha value is -4.59. The molecule has 19 heteroatoms. The normalized spacial score (nSPS) is 28.5. The zero-order valence-corrected chi connectivity index (χ0v) is 55.4. The molecule has 0 bridgehead atoms. The van der Waals surface area contributed by atoms with Gasteiger partial charge in [0.1, 0.15) is 73.2 Å². The van der Waals surface area contributed by atoms with Crippen LogP contribution in [0, 0.1) is 0 Å². The van der Waals surface area contributed by atoms with Crippen LogP contribution in [0.4, 0.5) is 0 Å². The smallest absolute Gasteiger partial charge is 0.220 e. The summed E-state index contributed by atoms with van der Waals surface area (Å²) in [7, 11) is 0. The Labute approximate surface area is 555 Å². The number of allylic oxidation sites excluding steroid dienone is 25. The summed E-state index contributed by atoms with van der Waals surface area (Å²) in [5.41, 5.74) is 0. The van der Waals surface area contributed by atoms with E-state index in [-0.39, 0.29) is 12.3 Å². The van der Waals surface area contributed by atoms with Crippen LogP contribution in [0.2, 0.25) is 0 Å². The highest BCUT2D eigenvalue weighted by Crippen LogP contribution is 2.33. The number of aliphatic hydroxyl groups excluding tert-OH is 11. The van der Waals surface area contributed by atoms with E-state index in [1.54, 1.807) is 6.08 Å². The number of unbranched alkanes of at least 4 members (excludes halogenated alkanes) is 9. The van der Waals surface area contributed by atoms with Crippen LogP contribution in [-0.2, 0) is 33.2 Å². The number of hydrogen-bond donors (Lipinski definition) is 12. The fourth-order valence-corrected chi connectivity index (χ4v) is 10.2. The molecule has 17 unspecified atom stereocenters. The topological polar surface area (TPSA) is 307 Å². The van der Waals surface area contributed by atoms with E-state index in [0.29, 0.717) is 12.8 Å². The average Bonchev–Trinajstić information content (AvgIpc) is 0.902. The van der Waals surface area contributed by atoms with Crippen molar-refractivity contribution in [2.45, 2.75) is 272 Å². The lowest BCUT2D eigenvalue weighted by Crippen LogP contribution is -2.66. The zero-order chi connectivity index (χ0) is 67.5. The van der Waals surface area contributed by atoms with Crippen LogP contribution < -0.4 is 5.32 Å². The Bertz CT molecular complexity index is 2300. The quantitative estimate of drug-likeness (QED) is 0.0200. The molecular formula is C74H117NO18. The van der Waals surface area contributed by atoms with Crippen molar-refractivity contribution in [3.05, 3.63) is 158 Å². The number of aliphatic hydroxyl groups is 11. The molecule has 0 aromatic carbocycles. The summed E-state index contributed by atoms with van der Waals surface area (Å²) in [6.07, 6.45) is 50.8. The van der Waals surface area contributed by atoms with Crippen LogP contribution >= 0.6 is 0 Å². The molecule has 3 aliphatic heterocycles. The van der Waals surface area contributed by atoms with E-state index in [2.05, 4.69) is 165 Å². The molecule has 93 heavy (non-hydrogen) atoms. The van der Waals surface area contributed by atoms with Gasteiger partial charge in [-0.2, -0.15) is 0 Å². The number of carbonyl (C=O) groups excluding carboxylic acids is 1. The third-order valence-corrected chi connectivity index (χ3v) is 15.8. The van der Waals surface area contributed by atoms with Gasteiger partial charge in [0.05, 0.1) is 38.6 Å². The van der Waals surface area contributed by atoms with Gasteiger partial charge in [-0.25, -0.2) is 0 Å². The van der Waals surface area contributed by atoms with Gasteiger partial charge in [0, 0.05) is 6.42 Å². The number of carbonyl (C=O) groups is 1. The second kappa shape index (κ2) is 53.5. The van der Waals surface area contributed by atoms with Gasteiger partial charge >= 0.3 is 0 Å². The van der Waals surface area contributed by atoms with Crippen molar-refractivity contribution in [3.8, 4) is 0 Å². The van der Waals surface area contributed by atoms with Gasteiger partial charge < -0.3 is 89.9 Å². The fourth-order valence-electron chi connectivity index (χ4n) is 10.2. The molecule has 17 atom stereocenters. The third-order valence-electron chi connectivity index (χ3n) is 15.8. The predicted molar refractivity (Wildman–Crippen MR) is 364 cm³/mol. The summed E-state index contributed by atoms with van der Waals surface area (Å²) in [6, 6.07) is -1.03. The van der Waals surface area contributed by atoms with Crippen molar-refractivity contribution < 1.29 is 89.4 Å². The number of hydrogen-bond acceptors (Lipinski definition) is 18. The van der Waals surface area contributed by atoms with Crippen molar-refractivity contribution in [3.63, 3.8) is 0 Å². The van der Waals surface area contributed by atoms with Gasteiger partial charge in [-0.15, -0.1) is 0 Å². The Kier molecular flexibility index (Phi) is 47.6. The highest BCUT2D eigenvalue weighted by molar-refractivity contribution is 5.76. The van der Waals surface area contributed by atoms with E-state index in [1.807, 2.05) is 6.08 Å². The molecule has 12 N–H and O–H groups in total. The molecule has 526 valence electrons. The molecule has 19 nitrogen and oxygen atoms in total. The summed E-state index contributed by atoms with van der Waals surface area (Å²) in [4.78, 5) is 13.4. The standard InChI is InChI=1S/C74H117NO18/c1-3-5-7-9-11-13-15-17-19-20-21-22-23-24-25-26-27-28-29-30-31-32-33-34-35-36-38-40-42-44-46-48-50-52-62(80)75-57(58(79)51-49-47-45-43-41-39-37-18-16-14-12-10-8-6-4-2)56-88-72-68(86)65(83)70(60(54-77)90-72)93-74-69(87)66(84)71(61(55-78)91-74)92-73-67(85)64(82)63(81)59(53-76)89-73/h5,7,11,13,16-19,21-22,24-25,27-28,30-31,33-34,36,38,41-44,49,51,57-61,63-74,76-79,81-87H,3-4,6,8-10,12,14-15,20,23,26,29,32,35,37,39-40,45-48,50,52-56H2,1-2H3,(H,75,80)/b7-5-,13-11-,18-16+,19-17-,22-21-,25-24-,28-27-,31-30-,34-33-,38-36-,43-41+,44-42-,51-49+. The molecule has 0 aliphatic carbocycles. The molecule has 0 saturated carbocycles. The second-order valence-corrected chi connectivity index (χ2v) is 23.5. The van der Waals surface area contributed by atoms with E-state index in [0.717, 1.165) is 103 Å². The molecule has 0 aromatic rings. The van der Waals surface area contributed by atoms with Crippen molar-refractivity contribution in [1.82, 2.24) is 5.32 Å². The minimum absolute atomic E-state index is 0.165. The molecule has 0 spiro atoms. The number of ether oxygens (including phenoxy) is 6. The van der Waals surface area contributed by atoms with E-state index >= 15 is 0 Å². The first-order valence-electron chi connectivity index (χ1n) is 34.2. The largest absolute Gasteiger partial charge is 0.394 e. The zero-order valence-electron chi connectivity index (χ0n) is 55.4. The summed E-state index contributed by atoms with van der Waals surface area (Å²) < 4.78 is 34.2. The number of amides is 1. The Morgan fingerprint density at radius 1 is 0.398 bits per heavy atom. The van der Waals surface area contributed by atoms with Crippen LogP contribution in [0.1, 0.15) is 168 Å². The SMILES string of the molecule is CC/C=C\C/C=C\C/C=C\C/C=C\C/C=C\C/C=C\C/C=C\C/C=C\C/C=C\C/C=C\CCCCC(=O)NC(COC1OC(CO)C(OC2OC(CO)C(OC3OC(CO)C(O)C(O)C3O)C(O)C2O)C(O)C1O)C(O)/C=C/CC/C=C/CC/C=C/CCCCCCC. The van der Waals surface area contributed by atoms with Gasteiger partial charge in [0.15, 0.2) is 18.9 Å². The van der Waals surface area contributed by atoms with Crippen LogP contribution in [0.5, 0.6) is 0 Å².